The molecule has 0 unspecified atom stereocenters. The lowest BCUT2D eigenvalue weighted by molar-refractivity contribution is -0.119. The second-order valence-corrected chi connectivity index (χ2v) is 11.3. The Morgan fingerprint density at radius 2 is 1.83 bits per heavy atom. The zero-order valence-electron chi connectivity index (χ0n) is 18.9. The van der Waals surface area contributed by atoms with E-state index < -0.39 is 32.0 Å². The summed E-state index contributed by atoms with van der Waals surface area (Å²) in [6, 6.07) is 15.5. The van der Waals surface area contributed by atoms with E-state index in [1.165, 1.54) is 15.5 Å². The molecule has 35 heavy (non-hydrogen) atoms. The van der Waals surface area contributed by atoms with Gasteiger partial charge in [0.25, 0.3) is 11.5 Å². The van der Waals surface area contributed by atoms with Crippen LogP contribution in [0.25, 0.3) is 10.9 Å². The summed E-state index contributed by atoms with van der Waals surface area (Å²) in [5, 5.41) is 12.3. The summed E-state index contributed by atoms with van der Waals surface area (Å²) in [6.07, 6.45) is 1.67. The van der Waals surface area contributed by atoms with E-state index >= 15 is 0 Å². The summed E-state index contributed by atoms with van der Waals surface area (Å²) in [5.74, 6) is -0.988. The summed E-state index contributed by atoms with van der Waals surface area (Å²) in [6.45, 7) is 0.477. The van der Waals surface area contributed by atoms with E-state index in [0.29, 0.717) is 35.0 Å². The molecule has 10 heteroatoms. The molecular formula is C25H22N4O5S. The molecule has 0 bridgehead atoms. The van der Waals surface area contributed by atoms with Crippen molar-refractivity contribution in [3.8, 4) is 6.07 Å². The van der Waals surface area contributed by atoms with Crippen molar-refractivity contribution in [2.75, 3.05) is 17.7 Å². The molecule has 2 aromatic carbocycles. The van der Waals surface area contributed by atoms with Gasteiger partial charge in [0.05, 0.1) is 22.8 Å². The first kappa shape index (κ1) is 22.8. The molecule has 0 radical (unpaired) electrons. The van der Waals surface area contributed by atoms with Gasteiger partial charge < -0.3 is 14.8 Å². The van der Waals surface area contributed by atoms with Gasteiger partial charge in [0, 0.05) is 31.3 Å². The maximum atomic E-state index is 13.3. The fourth-order valence-electron chi connectivity index (χ4n) is 4.63. The molecule has 1 aliphatic heterocycles. The first-order valence-corrected chi connectivity index (χ1v) is 13.0. The molecule has 2 amide bonds. The number of amides is 2. The predicted octanol–water partition coefficient (Wildman–Crippen LogP) is 1.73. The molecule has 1 fully saturated rings. The number of aromatic nitrogens is 1. The Morgan fingerprint density at radius 3 is 2.46 bits per heavy atom. The molecule has 2 aliphatic rings. The van der Waals surface area contributed by atoms with Gasteiger partial charge >= 0.3 is 0 Å². The van der Waals surface area contributed by atoms with Crippen molar-refractivity contribution in [3.63, 3.8) is 0 Å². The van der Waals surface area contributed by atoms with Crippen LogP contribution in [0.2, 0.25) is 0 Å². The van der Waals surface area contributed by atoms with Gasteiger partial charge in [-0.1, -0.05) is 24.3 Å². The van der Waals surface area contributed by atoms with Crippen LogP contribution in [-0.4, -0.2) is 42.3 Å². The normalized spacial score (nSPS) is 15.9. The number of nitriles is 1. The average Bonchev–Trinajstić information content (AvgIpc) is 3.67. The minimum absolute atomic E-state index is 0.0159. The van der Waals surface area contributed by atoms with Crippen LogP contribution in [0.3, 0.4) is 0 Å². The van der Waals surface area contributed by atoms with E-state index in [1.807, 2.05) is 6.07 Å². The summed E-state index contributed by atoms with van der Waals surface area (Å²) in [5.41, 5.74) is 1.78. The largest absolute Gasteiger partial charge is 0.348 e. The lowest BCUT2D eigenvalue weighted by atomic mass is 10.1. The Morgan fingerprint density at radius 1 is 1.11 bits per heavy atom. The van der Waals surface area contributed by atoms with Gasteiger partial charge in [0.15, 0.2) is 14.6 Å². The van der Waals surface area contributed by atoms with Crippen LogP contribution in [0.1, 0.15) is 34.3 Å². The van der Waals surface area contributed by atoms with Crippen LogP contribution >= 0.6 is 0 Å². The number of sulfone groups is 1. The highest BCUT2D eigenvalue weighted by atomic mass is 32.2. The van der Waals surface area contributed by atoms with E-state index in [-0.39, 0.29) is 25.2 Å². The van der Waals surface area contributed by atoms with Crippen LogP contribution in [-0.2, 0) is 27.7 Å². The van der Waals surface area contributed by atoms with Crippen LogP contribution < -0.4 is 15.8 Å². The summed E-state index contributed by atoms with van der Waals surface area (Å²) < 4.78 is 24.7. The van der Waals surface area contributed by atoms with Gasteiger partial charge in [-0.05, 0) is 42.7 Å². The molecule has 1 aromatic heterocycles. The van der Waals surface area contributed by atoms with Crippen LogP contribution in [0, 0.1) is 11.3 Å². The molecule has 1 aliphatic carbocycles. The van der Waals surface area contributed by atoms with Crippen molar-refractivity contribution in [1.29, 1.82) is 5.26 Å². The Hall–Kier alpha value is -3.97. The second kappa shape index (κ2) is 8.06. The van der Waals surface area contributed by atoms with Gasteiger partial charge in [-0.3, -0.25) is 14.4 Å². The van der Waals surface area contributed by atoms with Crippen molar-refractivity contribution in [1.82, 2.24) is 9.88 Å². The Balaban J connectivity index is 1.48. The van der Waals surface area contributed by atoms with Crippen LogP contribution in [0.15, 0.2) is 53.3 Å². The van der Waals surface area contributed by atoms with E-state index in [0.717, 1.165) is 11.8 Å². The molecule has 1 saturated carbocycles. The highest BCUT2D eigenvalue weighted by Gasteiger charge is 2.60. The minimum Gasteiger partial charge on any atom is -0.348 e. The maximum absolute atomic E-state index is 13.3. The number of para-hydroxylation sites is 1. The number of hydrogen-bond acceptors (Lipinski definition) is 6. The second-order valence-electron chi connectivity index (χ2n) is 8.94. The third-order valence-electron chi connectivity index (χ3n) is 6.76. The number of benzene rings is 2. The van der Waals surface area contributed by atoms with Gasteiger partial charge in [0.1, 0.15) is 5.56 Å². The monoisotopic (exact) mass is 490 g/mol. The fourth-order valence-corrected chi connectivity index (χ4v) is 5.90. The maximum Gasteiger partial charge on any atom is 0.264 e. The number of carbonyl (C=O) groups excluding carboxylic acids is 2. The Labute approximate surface area is 201 Å². The third-order valence-corrected chi connectivity index (χ3v) is 8.76. The topological polar surface area (TPSA) is 129 Å². The first-order chi connectivity index (χ1) is 16.7. The van der Waals surface area contributed by atoms with Crippen molar-refractivity contribution >= 4 is 38.2 Å². The lowest BCUT2D eigenvalue weighted by Crippen LogP contribution is -2.49. The van der Waals surface area contributed by atoms with Crippen molar-refractivity contribution in [3.05, 3.63) is 75.6 Å². The zero-order valence-corrected chi connectivity index (χ0v) is 19.8. The fraction of sp³-hybridized carbons (Fsp3) is 0.280. The molecule has 5 rings (SSSR count). The number of nitrogens with zero attached hydrogens (tertiary/aromatic N) is 3. The molecule has 2 heterocycles. The average molecular weight is 491 g/mol. The smallest absolute Gasteiger partial charge is 0.264 e. The number of pyridine rings is 1. The van der Waals surface area contributed by atoms with Gasteiger partial charge in [-0.2, -0.15) is 5.26 Å². The molecule has 0 atom stereocenters. The highest BCUT2D eigenvalue weighted by Crippen LogP contribution is 2.46. The molecule has 9 nitrogen and oxygen atoms in total. The van der Waals surface area contributed by atoms with E-state index in [2.05, 4.69) is 5.32 Å². The molecular weight excluding hydrogens is 468 g/mol. The van der Waals surface area contributed by atoms with Gasteiger partial charge in [-0.25, -0.2) is 8.42 Å². The molecule has 1 N–H and O–H groups in total. The SMILES string of the molecule is CS(=O)(=O)C1(C(=O)N2CCn3c(=O)c(C(=O)NCc4ccc(C#N)cc4)cc4cccc2c43)CC1. The Bertz CT molecular complexity index is 1600. The number of nitrogens with one attached hydrogen (secondary N) is 1. The molecule has 0 saturated heterocycles. The number of hydrogen-bond donors (Lipinski definition) is 1. The van der Waals surface area contributed by atoms with E-state index in [9.17, 15) is 22.8 Å². The summed E-state index contributed by atoms with van der Waals surface area (Å²) >= 11 is 0. The molecule has 3 aromatic rings. The highest BCUT2D eigenvalue weighted by molar-refractivity contribution is 7.93. The van der Waals surface area contributed by atoms with Gasteiger partial charge in [-0.15, -0.1) is 0 Å². The first-order valence-electron chi connectivity index (χ1n) is 11.1. The minimum atomic E-state index is -3.57. The molecule has 178 valence electrons. The van der Waals surface area contributed by atoms with E-state index in [1.54, 1.807) is 42.5 Å². The van der Waals surface area contributed by atoms with Crippen molar-refractivity contribution in [2.24, 2.45) is 0 Å². The zero-order chi connectivity index (χ0) is 25.0. The van der Waals surface area contributed by atoms with Gasteiger partial charge in [0.2, 0.25) is 5.91 Å². The summed E-state index contributed by atoms with van der Waals surface area (Å²) in [4.78, 5) is 40.9. The van der Waals surface area contributed by atoms with E-state index in [4.69, 9.17) is 5.26 Å². The quantitative estimate of drug-likeness (QED) is 0.580. The lowest BCUT2D eigenvalue weighted by Gasteiger charge is -2.32. The van der Waals surface area contributed by atoms with Crippen LogP contribution in [0.5, 0.6) is 0 Å². The number of rotatable bonds is 5. The number of carbonyl (C=O) groups is 2. The number of anilines is 1. The van der Waals surface area contributed by atoms with Crippen molar-refractivity contribution in [2.45, 2.75) is 30.7 Å². The third kappa shape index (κ3) is 3.68. The molecule has 0 spiro atoms. The summed E-state index contributed by atoms with van der Waals surface area (Å²) in [7, 11) is -3.57. The van der Waals surface area contributed by atoms with Crippen LogP contribution in [0.4, 0.5) is 5.69 Å². The predicted molar refractivity (Wildman–Crippen MR) is 130 cm³/mol. The standard InChI is InChI=1S/C25H22N4O5S/c1-35(33,34)25(9-10-25)24(32)28-11-12-29-21-18(3-2-4-20(21)28)13-19(23(29)31)22(30)27-15-17-7-5-16(14-26)6-8-17/h2-8,13H,9-12,15H2,1H3,(H,27,30). The Kier molecular flexibility index (Phi) is 5.25. The van der Waals surface area contributed by atoms with Crippen molar-refractivity contribution < 1.29 is 18.0 Å².